The first kappa shape index (κ1) is 12.2. The van der Waals surface area contributed by atoms with Gasteiger partial charge in [0, 0.05) is 6.04 Å². The highest BCUT2D eigenvalue weighted by atomic mass is 16.3. The Morgan fingerprint density at radius 1 is 1.13 bits per heavy atom. The van der Waals surface area contributed by atoms with Crippen molar-refractivity contribution in [1.82, 2.24) is 4.90 Å². The van der Waals surface area contributed by atoms with Crippen molar-refractivity contribution < 1.29 is 5.11 Å². The third-order valence-electron chi connectivity index (χ3n) is 2.99. The van der Waals surface area contributed by atoms with Gasteiger partial charge in [-0.05, 0) is 25.6 Å². The zero-order chi connectivity index (χ0) is 11.3. The average molecular weight is 207 g/mol. The summed E-state index contributed by atoms with van der Waals surface area (Å²) in [6.07, 6.45) is -0.397. The van der Waals surface area contributed by atoms with E-state index in [4.69, 9.17) is 0 Å². The molecule has 15 heavy (non-hydrogen) atoms. The topological polar surface area (TPSA) is 23.5 Å². The normalized spacial score (nSPS) is 15.3. The highest BCUT2D eigenvalue weighted by Gasteiger charge is 2.20. The largest absolute Gasteiger partial charge is 0.387 e. The maximum absolute atomic E-state index is 10.2. The summed E-state index contributed by atoms with van der Waals surface area (Å²) in [5, 5.41) is 10.2. The quantitative estimate of drug-likeness (QED) is 0.801. The Morgan fingerprint density at radius 2 is 1.67 bits per heavy atom. The summed E-state index contributed by atoms with van der Waals surface area (Å²) in [5.41, 5.74) is 0.997. The standard InChI is InChI=1S/C13H21NO/c1-4-14(5-2)11(3)13(15)12-9-7-6-8-10-12/h6-11,13,15H,4-5H2,1-3H3/t11-,13?/m0/s1. The molecular weight excluding hydrogens is 186 g/mol. The van der Waals surface area contributed by atoms with Crippen LogP contribution in [0.25, 0.3) is 0 Å². The molecule has 1 aromatic rings. The van der Waals surface area contributed by atoms with Crippen LogP contribution in [0.4, 0.5) is 0 Å². The second kappa shape index (κ2) is 5.89. The van der Waals surface area contributed by atoms with Gasteiger partial charge in [0.05, 0.1) is 6.10 Å². The lowest BCUT2D eigenvalue weighted by Crippen LogP contribution is -2.37. The van der Waals surface area contributed by atoms with Crippen LogP contribution in [-0.4, -0.2) is 29.1 Å². The molecule has 0 bridgehead atoms. The molecule has 0 heterocycles. The van der Waals surface area contributed by atoms with Gasteiger partial charge < -0.3 is 5.11 Å². The van der Waals surface area contributed by atoms with Gasteiger partial charge >= 0.3 is 0 Å². The third kappa shape index (κ3) is 3.05. The van der Waals surface area contributed by atoms with Crippen molar-refractivity contribution in [2.75, 3.05) is 13.1 Å². The van der Waals surface area contributed by atoms with Crippen LogP contribution in [0, 0.1) is 0 Å². The van der Waals surface area contributed by atoms with E-state index in [1.54, 1.807) is 0 Å². The lowest BCUT2D eigenvalue weighted by atomic mass is 10.0. The number of aliphatic hydroxyl groups is 1. The van der Waals surface area contributed by atoms with Gasteiger partial charge in [-0.1, -0.05) is 44.2 Å². The predicted octanol–water partition coefficient (Wildman–Crippen LogP) is 2.45. The van der Waals surface area contributed by atoms with Crippen molar-refractivity contribution in [3.8, 4) is 0 Å². The molecule has 2 atom stereocenters. The van der Waals surface area contributed by atoms with E-state index in [1.807, 2.05) is 30.3 Å². The van der Waals surface area contributed by atoms with E-state index in [1.165, 1.54) is 0 Å². The Balaban J connectivity index is 2.71. The van der Waals surface area contributed by atoms with Crippen molar-refractivity contribution in [2.24, 2.45) is 0 Å². The molecule has 1 N–H and O–H groups in total. The SMILES string of the molecule is CCN(CC)[C@@H](C)C(O)c1ccccc1. The average Bonchev–Trinajstić information content (AvgIpc) is 2.30. The minimum Gasteiger partial charge on any atom is -0.387 e. The van der Waals surface area contributed by atoms with Crippen LogP contribution < -0.4 is 0 Å². The number of benzene rings is 1. The lowest BCUT2D eigenvalue weighted by molar-refractivity contribution is 0.0638. The Morgan fingerprint density at radius 3 is 2.13 bits per heavy atom. The number of likely N-dealkylation sites (N-methyl/N-ethyl adjacent to an activating group) is 1. The molecule has 1 aromatic carbocycles. The maximum atomic E-state index is 10.2. The minimum atomic E-state index is -0.397. The molecule has 2 nitrogen and oxygen atoms in total. The number of hydrogen-bond acceptors (Lipinski definition) is 2. The molecule has 84 valence electrons. The molecule has 0 aromatic heterocycles. The smallest absolute Gasteiger partial charge is 0.0942 e. The molecule has 0 spiro atoms. The molecule has 0 aliphatic carbocycles. The van der Waals surface area contributed by atoms with Gasteiger partial charge in [0.2, 0.25) is 0 Å². The molecule has 0 fully saturated rings. The molecule has 0 saturated carbocycles. The van der Waals surface area contributed by atoms with Crippen molar-refractivity contribution in [3.05, 3.63) is 35.9 Å². The van der Waals surface area contributed by atoms with Crippen LogP contribution in [0.3, 0.4) is 0 Å². The first-order valence-corrected chi connectivity index (χ1v) is 5.67. The molecule has 1 unspecified atom stereocenters. The van der Waals surface area contributed by atoms with E-state index in [0.29, 0.717) is 0 Å². The van der Waals surface area contributed by atoms with Crippen LogP contribution in [0.1, 0.15) is 32.4 Å². The summed E-state index contributed by atoms with van der Waals surface area (Å²) in [7, 11) is 0. The molecule has 0 aliphatic rings. The fraction of sp³-hybridized carbons (Fsp3) is 0.538. The van der Waals surface area contributed by atoms with Gasteiger partial charge in [-0.3, -0.25) is 4.90 Å². The van der Waals surface area contributed by atoms with Crippen molar-refractivity contribution in [3.63, 3.8) is 0 Å². The summed E-state index contributed by atoms with van der Waals surface area (Å²) < 4.78 is 0. The number of aliphatic hydroxyl groups excluding tert-OH is 1. The molecular formula is C13H21NO. The Labute approximate surface area is 92.5 Å². The molecule has 1 rings (SSSR count). The van der Waals surface area contributed by atoms with Gasteiger partial charge in [-0.15, -0.1) is 0 Å². The number of hydrogen-bond donors (Lipinski definition) is 1. The van der Waals surface area contributed by atoms with Crippen LogP contribution >= 0.6 is 0 Å². The van der Waals surface area contributed by atoms with E-state index in [-0.39, 0.29) is 6.04 Å². The van der Waals surface area contributed by atoms with Gasteiger partial charge in [0.1, 0.15) is 0 Å². The van der Waals surface area contributed by atoms with Crippen LogP contribution in [0.2, 0.25) is 0 Å². The number of rotatable bonds is 5. The zero-order valence-electron chi connectivity index (χ0n) is 9.85. The monoisotopic (exact) mass is 207 g/mol. The van der Waals surface area contributed by atoms with E-state index in [0.717, 1.165) is 18.7 Å². The van der Waals surface area contributed by atoms with E-state index >= 15 is 0 Å². The van der Waals surface area contributed by atoms with E-state index in [2.05, 4.69) is 25.7 Å². The first-order valence-electron chi connectivity index (χ1n) is 5.67. The maximum Gasteiger partial charge on any atom is 0.0942 e. The molecule has 0 aliphatic heterocycles. The predicted molar refractivity (Wildman–Crippen MR) is 63.8 cm³/mol. The summed E-state index contributed by atoms with van der Waals surface area (Å²) in [5.74, 6) is 0. The van der Waals surface area contributed by atoms with E-state index in [9.17, 15) is 5.11 Å². The lowest BCUT2D eigenvalue weighted by Gasteiger charge is -2.30. The molecule has 0 amide bonds. The second-order valence-electron chi connectivity index (χ2n) is 3.82. The Kier molecular flexibility index (Phi) is 4.79. The fourth-order valence-electron chi connectivity index (χ4n) is 1.93. The fourth-order valence-corrected chi connectivity index (χ4v) is 1.93. The molecule has 2 heteroatoms. The highest BCUT2D eigenvalue weighted by molar-refractivity contribution is 5.18. The first-order chi connectivity index (χ1) is 7.20. The summed E-state index contributed by atoms with van der Waals surface area (Å²) in [4.78, 5) is 2.26. The highest BCUT2D eigenvalue weighted by Crippen LogP contribution is 2.20. The Hall–Kier alpha value is -0.860. The van der Waals surface area contributed by atoms with Crippen molar-refractivity contribution >= 4 is 0 Å². The van der Waals surface area contributed by atoms with Crippen molar-refractivity contribution in [1.29, 1.82) is 0 Å². The van der Waals surface area contributed by atoms with Gasteiger partial charge in [-0.2, -0.15) is 0 Å². The number of nitrogens with zero attached hydrogens (tertiary/aromatic N) is 1. The minimum absolute atomic E-state index is 0.169. The Bertz CT molecular complexity index is 269. The van der Waals surface area contributed by atoms with E-state index < -0.39 is 6.10 Å². The van der Waals surface area contributed by atoms with Gasteiger partial charge in [0.15, 0.2) is 0 Å². The zero-order valence-corrected chi connectivity index (χ0v) is 9.85. The van der Waals surface area contributed by atoms with Crippen molar-refractivity contribution in [2.45, 2.75) is 32.9 Å². The summed E-state index contributed by atoms with van der Waals surface area (Å²) in [6, 6.07) is 10.0. The van der Waals surface area contributed by atoms with Gasteiger partial charge in [0.25, 0.3) is 0 Å². The summed E-state index contributed by atoms with van der Waals surface area (Å²) >= 11 is 0. The molecule has 0 radical (unpaired) electrons. The second-order valence-corrected chi connectivity index (χ2v) is 3.82. The van der Waals surface area contributed by atoms with Crippen LogP contribution in [0.15, 0.2) is 30.3 Å². The third-order valence-corrected chi connectivity index (χ3v) is 2.99. The summed E-state index contributed by atoms with van der Waals surface area (Å²) in [6.45, 7) is 8.27. The van der Waals surface area contributed by atoms with Crippen LogP contribution in [-0.2, 0) is 0 Å². The van der Waals surface area contributed by atoms with Gasteiger partial charge in [-0.25, -0.2) is 0 Å². The van der Waals surface area contributed by atoms with Crippen LogP contribution in [0.5, 0.6) is 0 Å². The molecule has 0 saturated heterocycles.